The van der Waals surface area contributed by atoms with Crippen molar-refractivity contribution in [3.8, 4) is 0 Å². The third kappa shape index (κ3) is 4.91. The van der Waals surface area contributed by atoms with Gasteiger partial charge in [0.25, 0.3) is 0 Å². The van der Waals surface area contributed by atoms with E-state index in [0.29, 0.717) is 11.3 Å². The number of piperidine rings is 1. The number of likely N-dealkylation sites (N-methyl/N-ethyl adjacent to an activating group) is 1. The molecule has 0 aliphatic carbocycles. The smallest absolute Gasteiger partial charge is 0.247 e. The lowest BCUT2D eigenvalue weighted by Gasteiger charge is -2.29. The number of nitrogens with one attached hydrogen (secondary N) is 1. The summed E-state index contributed by atoms with van der Waals surface area (Å²) in [6, 6.07) is 15.7. The highest BCUT2D eigenvalue weighted by molar-refractivity contribution is 7.88. The van der Waals surface area contributed by atoms with Crippen LogP contribution >= 0.6 is 0 Å². The van der Waals surface area contributed by atoms with Crippen molar-refractivity contribution >= 4 is 27.3 Å². The molecule has 2 aromatic rings. The Bertz CT molecular complexity index is 892. The van der Waals surface area contributed by atoms with E-state index in [1.807, 2.05) is 30.3 Å². The van der Waals surface area contributed by atoms with Crippen molar-refractivity contribution in [1.82, 2.24) is 4.31 Å². The van der Waals surface area contributed by atoms with Crippen molar-refractivity contribution < 1.29 is 13.2 Å². The molecule has 150 valence electrons. The van der Waals surface area contributed by atoms with Gasteiger partial charge >= 0.3 is 0 Å². The second-order valence-corrected chi connectivity index (χ2v) is 9.22. The van der Waals surface area contributed by atoms with Crippen molar-refractivity contribution in [2.75, 3.05) is 36.6 Å². The highest BCUT2D eigenvalue weighted by Gasteiger charge is 2.30. The van der Waals surface area contributed by atoms with E-state index >= 15 is 0 Å². The minimum Gasteiger partial charge on any atom is -0.372 e. The van der Waals surface area contributed by atoms with Gasteiger partial charge in [0.1, 0.15) is 6.04 Å². The van der Waals surface area contributed by atoms with Crippen LogP contribution in [0.3, 0.4) is 0 Å². The first-order valence-electron chi connectivity index (χ1n) is 9.50. The van der Waals surface area contributed by atoms with Gasteiger partial charge in [-0.2, -0.15) is 4.31 Å². The molecule has 0 saturated carbocycles. The molecule has 1 fully saturated rings. The quantitative estimate of drug-likeness (QED) is 0.807. The molecule has 0 aromatic heterocycles. The fraction of sp³-hybridized carbons (Fsp3) is 0.381. The SMILES string of the molecule is CN([C@H](C(=O)Nc1ccc(N2CCCCC2)cc1)c1ccccc1)S(C)(=O)=O. The van der Waals surface area contributed by atoms with Crippen LogP contribution in [0.2, 0.25) is 0 Å². The molecule has 0 bridgehead atoms. The molecule has 0 unspecified atom stereocenters. The summed E-state index contributed by atoms with van der Waals surface area (Å²) in [5, 5.41) is 2.86. The van der Waals surface area contributed by atoms with Gasteiger partial charge in [-0.15, -0.1) is 0 Å². The maximum Gasteiger partial charge on any atom is 0.247 e. The van der Waals surface area contributed by atoms with E-state index in [0.717, 1.165) is 29.3 Å². The molecule has 1 saturated heterocycles. The van der Waals surface area contributed by atoms with Gasteiger partial charge in [-0.3, -0.25) is 4.79 Å². The Morgan fingerprint density at radius 1 is 1.00 bits per heavy atom. The molecular weight excluding hydrogens is 374 g/mol. The van der Waals surface area contributed by atoms with Gasteiger partial charge in [-0.25, -0.2) is 8.42 Å². The van der Waals surface area contributed by atoms with Crippen LogP contribution in [-0.4, -0.2) is 45.0 Å². The predicted octanol–water partition coefficient (Wildman–Crippen LogP) is 3.25. The normalized spacial score (nSPS) is 16.0. The summed E-state index contributed by atoms with van der Waals surface area (Å²) in [5.41, 5.74) is 2.41. The lowest BCUT2D eigenvalue weighted by atomic mass is 10.1. The molecule has 6 nitrogen and oxygen atoms in total. The summed E-state index contributed by atoms with van der Waals surface area (Å²) in [6.07, 6.45) is 4.78. The second-order valence-electron chi connectivity index (χ2n) is 7.18. The lowest BCUT2D eigenvalue weighted by molar-refractivity contribution is -0.119. The van der Waals surface area contributed by atoms with Crippen LogP contribution in [0, 0.1) is 0 Å². The zero-order valence-corrected chi connectivity index (χ0v) is 17.2. The van der Waals surface area contributed by atoms with Crippen LogP contribution in [0.4, 0.5) is 11.4 Å². The molecule has 2 aromatic carbocycles. The summed E-state index contributed by atoms with van der Waals surface area (Å²) in [6.45, 7) is 2.11. The van der Waals surface area contributed by atoms with E-state index < -0.39 is 16.1 Å². The fourth-order valence-electron chi connectivity index (χ4n) is 3.47. The van der Waals surface area contributed by atoms with Gasteiger partial charge in [0.15, 0.2) is 0 Å². The molecule has 28 heavy (non-hydrogen) atoms. The summed E-state index contributed by atoms with van der Waals surface area (Å²) < 4.78 is 25.2. The first-order valence-corrected chi connectivity index (χ1v) is 11.3. The zero-order valence-electron chi connectivity index (χ0n) is 16.3. The Kier molecular flexibility index (Phi) is 6.36. The average molecular weight is 402 g/mol. The van der Waals surface area contributed by atoms with Crippen LogP contribution in [0.5, 0.6) is 0 Å². The summed E-state index contributed by atoms with van der Waals surface area (Å²) in [7, 11) is -2.12. The Morgan fingerprint density at radius 3 is 2.18 bits per heavy atom. The molecule has 1 atom stereocenters. The van der Waals surface area contributed by atoms with Gasteiger partial charge < -0.3 is 10.2 Å². The molecule has 1 N–H and O–H groups in total. The highest BCUT2D eigenvalue weighted by atomic mass is 32.2. The van der Waals surface area contributed by atoms with E-state index in [2.05, 4.69) is 10.2 Å². The summed E-state index contributed by atoms with van der Waals surface area (Å²) >= 11 is 0. The van der Waals surface area contributed by atoms with E-state index in [4.69, 9.17) is 0 Å². The number of anilines is 2. The average Bonchev–Trinajstić information content (AvgIpc) is 2.69. The maximum absolute atomic E-state index is 13.0. The Balaban J connectivity index is 1.78. The number of hydrogen-bond donors (Lipinski definition) is 1. The number of sulfonamides is 1. The lowest BCUT2D eigenvalue weighted by Crippen LogP contribution is -2.38. The van der Waals surface area contributed by atoms with Gasteiger partial charge in [0, 0.05) is 31.5 Å². The van der Waals surface area contributed by atoms with Crippen LogP contribution in [0.25, 0.3) is 0 Å². The van der Waals surface area contributed by atoms with Gasteiger partial charge in [0.05, 0.1) is 6.26 Å². The number of carbonyl (C=O) groups excluding carboxylic acids is 1. The number of nitrogens with zero attached hydrogens (tertiary/aromatic N) is 2. The topological polar surface area (TPSA) is 69.7 Å². The standard InChI is InChI=1S/C21H27N3O3S/c1-23(28(2,26)27)20(17-9-5-3-6-10-17)21(25)22-18-11-13-19(14-12-18)24-15-7-4-8-16-24/h3,5-6,9-14,20H,4,7-8,15-16H2,1-2H3,(H,22,25)/t20-/m0/s1. The number of rotatable bonds is 6. The van der Waals surface area contributed by atoms with Gasteiger partial charge in [-0.05, 0) is 49.1 Å². The van der Waals surface area contributed by atoms with Crippen LogP contribution in [0.15, 0.2) is 54.6 Å². The molecule has 1 aliphatic heterocycles. The van der Waals surface area contributed by atoms with Crippen molar-refractivity contribution in [3.05, 3.63) is 60.2 Å². The van der Waals surface area contributed by atoms with Crippen LogP contribution < -0.4 is 10.2 Å². The Morgan fingerprint density at radius 2 is 1.61 bits per heavy atom. The van der Waals surface area contributed by atoms with Crippen LogP contribution in [-0.2, 0) is 14.8 Å². The number of carbonyl (C=O) groups is 1. The maximum atomic E-state index is 13.0. The largest absolute Gasteiger partial charge is 0.372 e. The second kappa shape index (κ2) is 8.75. The summed E-state index contributed by atoms with van der Waals surface area (Å²) in [4.78, 5) is 15.3. The molecule has 3 rings (SSSR count). The van der Waals surface area contributed by atoms with Crippen molar-refractivity contribution in [3.63, 3.8) is 0 Å². The molecular formula is C21H27N3O3S. The Labute approximate surface area is 167 Å². The summed E-state index contributed by atoms with van der Waals surface area (Å²) in [5.74, 6) is -0.384. The molecule has 1 heterocycles. The van der Waals surface area contributed by atoms with Crippen molar-refractivity contribution in [2.45, 2.75) is 25.3 Å². The van der Waals surface area contributed by atoms with E-state index in [-0.39, 0.29) is 5.91 Å². The first-order chi connectivity index (χ1) is 13.4. The molecule has 0 spiro atoms. The molecule has 1 amide bonds. The van der Waals surface area contributed by atoms with Crippen molar-refractivity contribution in [1.29, 1.82) is 0 Å². The minimum absolute atomic E-state index is 0.384. The number of hydrogen-bond acceptors (Lipinski definition) is 4. The highest BCUT2D eigenvalue weighted by Crippen LogP contribution is 2.25. The molecule has 7 heteroatoms. The van der Waals surface area contributed by atoms with Gasteiger partial charge in [0.2, 0.25) is 15.9 Å². The monoisotopic (exact) mass is 401 g/mol. The van der Waals surface area contributed by atoms with E-state index in [9.17, 15) is 13.2 Å². The fourth-order valence-corrected chi connectivity index (χ4v) is 4.07. The third-order valence-corrected chi connectivity index (χ3v) is 6.36. The predicted molar refractivity (Wildman–Crippen MR) is 113 cm³/mol. The first kappa shape index (κ1) is 20.4. The van der Waals surface area contributed by atoms with E-state index in [1.54, 1.807) is 24.3 Å². The number of amides is 1. The minimum atomic E-state index is -3.54. The van der Waals surface area contributed by atoms with Gasteiger partial charge in [-0.1, -0.05) is 30.3 Å². The zero-order chi connectivity index (χ0) is 20.1. The third-order valence-electron chi connectivity index (χ3n) is 5.11. The molecule has 1 aliphatic rings. The molecule has 0 radical (unpaired) electrons. The van der Waals surface area contributed by atoms with Crippen molar-refractivity contribution in [2.24, 2.45) is 0 Å². The van der Waals surface area contributed by atoms with Crippen LogP contribution in [0.1, 0.15) is 30.9 Å². The van der Waals surface area contributed by atoms with E-state index in [1.165, 1.54) is 26.3 Å². The Hall–Kier alpha value is -2.38. The number of benzene rings is 2.